The Hall–Kier alpha value is -0.760. The summed E-state index contributed by atoms with van der Waals surface area (Å²) in [5.41, 5.74) is 2.09. The highest BCUT2D eigenvalue weighted by molar-refractivity contribution is 5.14. The van der Waals surface area contributed by atoms with Gasteiger partial charge in [-0.1, -0.05) is 0 Å². The molecule has 2 rings (SSSR count). The Labute approximate surface area is 79.2 Å². The molecule has 0 spiro atoms. The molecule has 0 radical (unpaired) electrons. The van der Waals surface area contributed by atoms with Gasteiger partial charge in [0.25, 0.3) is 0 Å². The second kappa shape index (κ2) is 2.88. The molecular formula is C11H17NO. The lowest BCUT2D eigenvalue weighted by Crippen LogP contribution is -2.41. The molecule has 1 N–H and O–H groups in total. The van der Waals surface area contributed by atoms with Gasteiger partial charge in [0.15, 0.2) is 0 Å². The molecule has 1 aromatic rings. The van der Waals surface area contributed by atoms with Crippen molar-refractivity contribution in [2.24, 2.45) is 0 Å². The van der Waals surface area contributed by atoms with E-state index >= 15 is 0 Å². The first-order chi connectivity index (χ1) is 6.11. The number of rotatable bonds is 2. The van der Waals surface area contributed by atoms with Crippen LogP contribution in [0.4, 0.5) is 0 Å². The Morgan fingerprint density at radius 1 is 1.31 bits per heavy atom. The molecule has 1 heterocycles. The lowest BCUT2D eigenvalue weighted by atomic mass is 9.80. The fraction of sp³-hybridized carbons (Fsp3) is 0.636. The minimum atomic E-state index is -0.408. The maximum atomic E-state index is 10.0. The van der Waals surface area contributed by atoms with E-state index in [9.17, 15) is 5.11 Å². The standard InChI is InChI=1S/C11H17NO/c1-9-4-5-10(2)12(9)8-11(13)6-3-7-11/h4-5,13H,3,6-8H2,1-2H3. The lowest BCUT2D eigenvalue weighted by Gasteiger charge is -2.37. The molecule has 13 heavy (non-hydrogen) atoms. The molecule has 1 aromatic heterocycles. The van der Waals surface area contributed by atoms with Gasteiger partial charge in [0.05, 0.1) is 12.1 Å². The fourth-order valence-corrected chi connectivity index (χ4v) is 1.99. The molecular weight excluding hydrogens is 162 g/mol. The van der Waals surface area contributed by atoms with E-state index in [1.807, 2.05) is 0 Å². The Kier molecular flexibility index (Phi) is 1.95. The number of aliphatic hydroxyl groups is 1. The van der Waals surface area contributed by atoms with Gasteiger partial charge >= 0.3 is 0 Å². The molecule has 0 aliphatic heterocycles. The first-order valence-corrected chi connectivity index (χ1v) is 4.96. The van der Waals surface area contributed by atoms with Crippen molar-refractivity contribution in [3.8, 4) is 0 Å². The predicted molar refractivity (Wildman–Crippen MR) is 52.7 cm³/mol. The quantitative estimate of drug-likeness (QED) is 0.738. The molecule has 0 amide bonds. The van der Waals surface area contributed by atoms with E-state index in [2.05, 4.69) is 30.5 Å². The Bertz CT molecular complexity index is 290. The number of hydrogen-bond acceptors (Lipinski definition) is 1. The maximum Gasteiger partial charge on any atom is 0.0825 e. The predicted octanol–water partition coefficient (Wildman–Crippen LogP) is 2.02. The smallest absolute Gasteiger partial charge is 0.0825 e. The fourth-order valence-electron chi connectivity index (χ4n) is 1.99. The van der Waals surface area contributed by atoms with E-state index < -0.39 is 5.60 Å². The highest BCUT2D eigenvalue weighted by atomic mass is 16.3. The first-order valence-electron chi connectivity index (χ1n) is 4.96. The Morgan fingerprint density at radius 3 is 2.23 bits per heavy atom. The van der Waals surface area contributed by atoms with Crippen LogP contribution < -0.4 is 0 Å². The van der Waals surface area contributed by atoms with Gasteiger partial charge in [-0.05, 0) is 45.2 Å². The van der Waals surface area contributed by atoms with Crippen molar-refractivity contribution >= 4 is 0 Å². The lowest BCUT2D eigenvalue weighted by molar-refractivity contribution is -0.0479. The Morgan fingerprint density at radius 2 is 1.85 bits per heavy atom. The summed E-state index contributed by atoms with van der Waals surface area (Å²) in [6, 6.07) is 4.22. The summed E-state index contributed by atoms with van der Waals surface area (Å²) in [7, 11) is 0. The summed E-state index contributed by atoms with van der Waals surface area (Å²) in [5.74, 6) is 0. The summed E-state index contributed by atoms with van der Waals surface area (Å²) in [6.45, 7) is 4.96. The molecule has 0 bridgehead atoms. The minimum Gasteiger partial charge on any atom is -0.388 e. The molecule has 2 nitrogen and oxygen atoms in total. The van der Waals surface area contributed by atoms with Crippen molar-refractivity contribution in [3.05, 3.63) is 23.5 Å². The van der Waals surface area contributed by atoms with Gasteiger partial charge in [0, 0.05) is 11.4 Å². The third-order valence-electron chi connectivity index (χ3n) is 3.15. The van der Waals surface area contributed by atoms with E-state index in [0.29, 0.717) is 0 Å². The van der Waals surface area contributed by atoms with E-state index in [1.165, 1.54) is 17.8 Å². The topological polar surface area (TPSA) is 25.2 Å². The summed E-state index contributed by atoms with van der Waals surface area (Å²) >= 11 is 0. The largest absolute Gasteiger partial charge is 0.388 e. The second-order valence-corrected chi connectivity index (χ2v) is 4.28. The van der Waals surface area contributed by atoms with Crippen molar-refractivity contribution in [1.82, 2.24) is 4.57 Å². The Balaban J connectivity index is 2.17. The van der Waals surface area contributed by atoms with Gasteiger partial charge in [0.2, 0.25) is 0 Å². The van der Waals surface area contributed by atoms with Crippen molar-refractivity contribution in [2.45, 2.75) is 45.3 Å². The molecule has 0 aromatic carbocycles. The number of aryl methyl sites for hydroxylation is 2. The zero-order valence-electron chi connectivity index (χ0n) is 8.38. The number of aromatic nitrogens is 1. The highest BCUT2D eigenvalue weighted by Gasteiger charge is 2.34. The van der Waals surface area contributed by atoms with Crippen LogP contribution in [-0.4, -0.2) is 15.3 Å². The number of nitrogens with zero attached hydrogens (tertiary/aromatic N) is 1. The SMILES string of the molecule is Cc1ccc(C)n1CC1(O)CCC1. The molecule has 1 aliphatic carbocycles. The van der Waals surface area contributed by atoms with E-state index in [-0.39, 0.29) is 0 Å². The zero-order valence-corrected chi connectivity index (χ0v) is 8.38. The van der Waals surface area contributed by atoms with Crippen LogP contribution in [0.5, 0.6) is 0 Å². The monoisotopic (exact) mass is 179 g/mol. The van der Waals surface area contributed by atoms with Crippen LogP contribution in [0.1, 0.15) is 30.7 Å². The van der Waals surface area contributed by atoms with Crippen LogP contribution in [0.2, 0.25) is 0 Å². The molecule has 1 fully saturated rings. The molecule has 0 unspecified atom stereocenters. The molecule has 1 aliphatic rings. The third-order valence-corrected chi connectivity index (χ3v) is 3.15. The van der Waals surface area contributed by atoms with Crippen LogP contribution in [0.15, 0.2) is 12.1 Å². The molecule has 2 heteroatoms. The van der Waals surface area contributed by atoms with Crippen molar-refractivity contribution in [2.75, 3.05) is 0 Å². The maximum absolute atomic E-state index is 10.0. The third kappa shape index (κ3) is 1.51. The van der Waals surface area contributed by atoms with Crippen molar-refractivity contribution in [3.63, 3.8) is 0 Å². The van der Waals surface area contributed by atoms with Crippen molar-refractivity contribution < 1.29 is 5.11 Å². The number of hydrogen-bond donors (Lipinski definition) is 1. The van der Waals surface area contributed by atoms with Gasteiger partial charge < -0.3 is 9.67 Å². The highest BCUT2D eigenvalue weighted by Crippen LogP contribution is 2.33. The van der Waals surface area contributed by atoms with Crippen LogP contribution >= 0.6 is 0 Å². The molecule has 0 saturated heterocycles. The molecule has 0 atom stereocenters. The summed E-state index contributed by atoms with van der Waals surface area (Å²) in [5, 5.41) is 10.0. The van der Waals surface area contributed by atoms with Gasteiger partial charge in [-0.15, -0.1) is 0 Å². The normalized spacial score (nSPS) is 19.9. The van der Waals surface area contributed by atoms with Crippen LogP contribution in [0.25, 0.3) is 0 Å². The molecule has 72 valence electrons. The summed E-state index contributed by atoms with van der Waals surface area (Å²) in [6.07, 6.45) is 3.10. The second-order valence-electron chi connectivity index (χ2n) is 4.28. The van der Waals surface area contributed by atoms with E-state index in [4.69, 9.17) is 0 Å². The minimum absolute atomic E-state index is 0.408. The van der Waals surface area contributed by atoms with Gasteiger partial charge in [-0.3, -0.25) is 0 Å². The van der Waals surface area contributed by atoms with Gasteiger partial charge in [-0.25, -0.2) is 0 Å². The van der Waals surface area contributed by atoms with E-state index in [0.717, 1.165) is 19.4 Å². The van der Waals surface area contributed by atoms with Crippen LogP contribution in [0, 0.1) is 13.8 Å². The average Bonchev–Trinajstić information content (AvgIpc) is 2.33. The first kappa shape index (κ1) is 8.82. The van der Waals surface area contributed by atoms with Gasteiger partial charge in [-0.2, -0.15) is 0 Å². The van der Waals surface area contributed by atoms with Crippen LogP contribution in [-0.2, 0) is 6.54 Å². The van der Waals surface area contributed by atoms with Crippen molar-refractivity contribution in [1.29, 1.82) is 0 Å². The summed E-state index contributed by atoms with van der Waals surface area (Å²) < 4.78 is 2.21. The van der Waals surface area contributed by atoms with Gasteiger partial charge in [0.1, 0.15) is 0 Å². The van der Waals surface area contributed by atoms with E-state index in [1.54, 1.807) is 0 Å². The molecule has 1 saturated carbocycles. The summed E-state index contributed by atoms with van der Waals surface area (Å²) in [4.78, 5) is 0. The average molecular weight is 179 g/mol. The zero-order chi connectivity index (χ0) is 9.47. The van der Waals surface area contributed by atoms with Crippen LogP contribution in [0.3, 0.4) is 0 Å².